The molecule has 4 nitrogen and oxygen atoms in total. The summed E-state index contributed by atoms with van der Waals surface area (Å²) in [6, 6.07) is 0.163. The Morgan fingerprint density at radius 1 is 1.00 bits per heavy atom. The zero-order valence-corrected chi connectivity index (χ0v) is 11.4. The van der Waals surface area contributed by atoms with Crippen molar-refractivity contribution >= 4 is 0 Å². The summed E-state index contributed by atoms with van der Waals surface area (Å²) in [6.45, 7) is 8.23. The quantitative estimate of drug-likeness (QED) is 0.485. The summed E-state index contributed by atoms with van der Waals surface area (Å²) in [5, 5.41) is 12.4. The average Bonchev–Trinajstić information content (AvgIpc) is 2.36. The summed E-state index contributed by atoms with van der Waals surface area (Å²) in [5.74, 6) is 0. The number of rotatable bonds is 13. The van der Waals surface area contributed by atoms with Gasteiger partial charge in [-0.25, -0.2) is 0 Å². The minimum absolute atomic E-state index is 0.163. The maximum absolute atomic E-state index is 9.11. The molecule has 0 spiro atoms. The lowest BCUT2D eigenvalue weighted by Gasteiger charge is -2.15. The molecular formula is C13H29NO3. The molecule has 0 aromatic carbocycles. The molecule has 0 rings (SSSR count). The van der Waals surface area contributed by atoms with Crippen molar-refractivity contribution in [3.8, 4) is 0 Å². The van der Waals surface area contributed by atoms with E-state index < -0.39 is 0 Å². The molecule has 0 amide bonds. The summed E-state index contributed by atoms with van der Waals surface area (Å²) >= 11 is 0. The van der Waals surface area contributed by atoms with Gasteiger partial charge in [-0.1, -0.05) is 20.3 Å². The molecule has 0 heterocycles. The van der Waals surface area contributed by atoms with Crippen LogP contribution in [0.4, 0.5) is 0 Å². The minimum atomic E-state index is 0.163. The predicted molar refractivity (Wildman–Crippen MR) is 70.3 cm³/mol. The highest BCUT2D eigenvalue weighted by Crippen LogP contribution is 1.93. The second-order valence-corrected chi connectivity index (χ2v) is 4.20. The van der Waals surface area contributed by atoms with Crippen molar-refractivity contribution in [2.75, 3.05) is 39.6 Å². The van der Waals surface area contributed by atoms with E-state index in [-0.39, 0.29) is 12.6 Å². The fourth-order valence-electron chi connectivity index (χ4n) is 1.40. The van der Waals surface area contributed by atoms with Crippen molar-refractivity contribution in [2.45, 2.75) is 45.6 Å². The van der Waals surface area contributed by atoms with Gasteiger partial charge in [-0.15, -0.1) is 0 Å². The molecule has 4 heteroatoms. The lowest BCUT2D eigenvalue weighted by Crippen LogP contribution is -2.34. The van der Waals surface area contributed by atoms with Gasteiger partial charge in [0.2, 0.25) is 0 Å². The molecule has 0 saturated carbocycles. The van der Waals surface area contributed by atoms with Gasteiger partial charge in [-0.05, 0) is 25.8 Å². The van der Waals surface area contributed by atoms with Gasteiger partial charge < -0.3 is 19.9 Å². The third-order valence-electron chi connectivity index (χ3n) is 2.53. The van der Waals surface area contributed by atoms with Gasteiger partial charge in [-0.2, -0.15) is 0 Å². The second-order valence-electron chi connectivity index (χ2n) is 4.20. The normalized spacial score (nSPS) is 12.9. The van der Waals surface area contributed by atoms with E-state index in [0.717, 1.165) is 32.4 Å². The second kappa shape index (κ2) is 13.9. The standard InChI is InChI=1S/C13H29NO3/c1-3-5-8-16-10-11-17-9-6-13(12-15)14-7-4-2/h13-15H,3-12H2,1-2H3. The maximum Gasteiger partial charge on any atom is 0.0700 e. The van der Waals surface area contributed by atoms with E-state index in [0.29, 0.717) is 19.8 Å². The Bertz CT molecular complexity index is 145. The number of ether oxygens (including phenoxy) is 2. The Labute approximate surface area is 106 Å². The molecule has 2 N–H and O–H groups in total. The van der Waals surface area contributed by atoms with E-state index in [2.05, 4.69) is 19.2 Å². The zero-order valence-electron chi connectivity index (χ0n) is 11.4. The van der Waals surface area contributed by atoms with Gasteiger partial charge in [0.1, 0.15) is 0 Å². The van der Waals surface area contributed by atoms with Crippen LogP contribution in [0.15, 0.2) is 0 Å². The predicted octanol–water partition coefficient (Wildman–Crippen LogP) is 1.57. The number of nitrogens with one attached hydrogen (secondary N) is 1. The Hall–Kier alpha value is -0.160. The largest absolute Gasteiger partial charge is 0.395 e. The summed E-state index contributed by atoms with van der Waals surface area (Å²) < 4.78 is 10.8. The molecule has 0 saturated heterocycles. The van der Waals surface area contributed by atoms with Crippen LogP contribution in [-0.2, 0) is 9.47 Å². The molecule has 0 fully saturated rings. The van der Waals surface area contributed by atoms with E-state index >= 15 is 0 Å². The van der Waals surface area contributed by atoms with Crippen molar-refractivity contribution in [1.82, 2.24) is 5.32 Å². The van der Waals surface area contributed by atoms with Gasteiger partial charge in [-0.3, -0.25) is 0 Å². The van der Waals surface area contributed by atoms with Gasteiger partial charge in [0.05, 0.1) is 19.8 Å². The molecule has 0 aromatic heterocycles. The van der Waals surface area contributed by atoms with Crippen LogP contribution in [0.25, 0.3) is 0 Å². The van der Waals surface area contributed by atoms with Crippen LogP contribution >= 0.6 is 0 Å². The van der Waals surface area contributed by atoms with Crippen LogP contribution < -0.4 is 5.32 Å². The van der Waals surface area contributed by atoms with E-state index in [1.807, 2.05) is 0 Å². The Kier molecular flexibility index (Phi) is 13.8. The summed E-state index contributed by atoms with van der Waals surface area (Å²) in [4.78, 5) is 0. The van der Waals surface area contributed by atoms with Gasteiger partial charge in [0.25, 0.3) is 0 Å². The topological polar surface area (TPSA) is 50.7 Å². The first kappa shape index (κ1) is 16.8. The lowest BCUT2D eigenvalue weighted by atomic mass is 10.2. The lowest BCUT2D eigenvalue weighted by molar-refractivity contribution is 0.0413. The maximum atomic E-state index is 9.11. The van der Waals surface area contributed by atoms with Gasteiger partial charge in [0.15, 0.2) is 0 Å². The fraction of sp³-hybridized carbons (Fsp3) is 1.00. The Morgan fingerprint density at radius 2 is 1.71 bits per heavy atom. The number of hydrogen-bond donors (Lipinski definition) is 2. The van der Waals surface area contributed by atoms with Crippen LogP contribution in [0.3, 0.4) is 0 Å². The molecular weight excluding hydrogens is 218 g/mol. The molecule has 0 aromatic rings. The number of aliphatic hydroxyl groups is 1. The third kappa shape index (κ3) is 12.1. The van der Waals surface area contributed by atoms with E-state index in [4.69, 9.17) is 14.6 Å². The summed E-state index contributed by atoms with van der Waals surface area (Å²) in [5.41, 5.74) is 0. The third-order valence-corrected chi connectivity index (χ3v) is 2.53. The first-order chi connectivity index (χ1) is 8.35. The van der Waals surface area contributed by atoms with E-state index in [1.54, 1.807) is 0 Å². The zero-order chi connectivity index (χ0) is 12.8. The molecule has 0 bridgehead atoms. The molecule has 0 aliphatic rings. The van der Waals surface area contributed by atoms with E-state index in [1.165, 1.54) is 6.42 Å². The van der Waals surface area contributed by atoms with Crippen LogP contribution in [0.5, 0.6) is 0 Å². The number of aliphatic hydroxyl groups excluding tert-OH is 1. The number of hydrogen-bond acceptors (Lipinski definition) is 4. The van der Waals surface area contributed by atoms with Crippen molar-refractivity contribution in [1.29, 1.82) is 0 Å². The van der Waals surface area contributed by atoms with Gasteiger partial charge in [0, 0.05) is 19.3 Å². The highest BCUT2D eigenvalue weighted by Gasteiger charge is 2.04. The SMILES string of the molecule is CCCCOCCOCCC(CO)NCCC. The monoisotopic (exact) mass is 247 g/mol. The van der Waals surface area contributed by atoms with Gasteiger partial charge >= 0.3 is 0 Å². The molecule has 1 atom stereocenters. The molecule has 17 heavy (non-hydrogen) atoms. The smallest absolute Gasteiger partial charge is 0.0700 e. The first-order valence-corrected chi connectivity index (χ1v) is 6.84. The van der Waals surface area contributed by atoms with E-state index in [9.17, 15) is 0 Å². The average molecular weight is 247 g/mol. The van der Waals surface area contributed by atoms with Crippen molar-refractivity contribution in [3.63, 3.8) is 0 Å². The van der Waals surface area contributed by atoms with Crippen molar-refractivity contribution in [2.24, 2.45) is 0 Å². The highest BCUT2D eigenvalue weighted by atomic mass is 16.5. The summed E-state index contributed by atoms with van der Waals surface area (Å²) in [6.07, 6.45) is 4.23. The molecule has 1 unspecified atom stereocenters. The van der Waals surface area contributed by atoms with Crippen molar-refractivity contribution in [3.05, 3.63) is 0 Å². The molecule has 0 aliphatic carbocycles. The molecule has 0 aliphatic heterocycles. The van der Waals surface area contributed by atoms with Crippen LogP contribution in [0.2, 0.25) is 0 Å². The first-order valence-electron chi connectivity index (χ1n) is 6.84. The molecule has 0 radical (unpaired) electrons. The fourth-order valence-corrected chi connectivity index (χ4v) is 1.40. The number of unbranched alkanes of at least 4 members (excludes halogenated alkanes) is 1. The van der Waals surface area contributed by atoms with Crippen LogP contribution in [0, 0.1) is 0 Å². The Balaban J connectivity index is 3.19. The van der Waals surface area contributed by atoms with Crippen LogP contribution in [0.1, 0.15) is 39.5 Å². The molecule has 104 valence electrons. The summed E-state index contributed by atoms with van der Waals surface area (Å²) in [7, 11) is 0. The van der Waals surface area contributed by atoms with Crippen molar-refractivity contribution < 1.29 is 14.6 Å². The van der Waals surface area contributed by atoms with Crippen LogP contribution in [-0.4, -0.2) is 50.7 Å². The highest BCUT2D eigenvalue weighted by molar-refractivity contribution is 4.64. The minimum Gasteiger partial charge on any atom is -0.395 e. The Morgan fingerprint density at radius 3 is 2.29 bits per heavy atom.